The molecule has 0 aromatic rings. The van der Waals surface area contributed by atoms with Crippen LogP contribution in [-0.4, -0.2) is 0 Å². The predicted molar refractivity (Wildman–Crippen MR) is 64.6 cm³/mol. The molecule has 0 bridgehead atoms. The lowest BCUT2D eigenvalue weighted by Crippen LogP contribution is -2.29. The van der Waals surface area contributed by atoms with E-state index in [0.29, 0.717) is 5.41 Å². The van der Waals surface area contributed by atoms with Crippen molar-refractivity contribution >= 4 is 0 Å². The van der Waals surface area contributed by atoms with Gasteiger partial charge in [-0.1, -0.05) is 54.0 Å². The van der Waals surface area contributed by atoms with E-state index >= 15 is 0 Å². The van der Waals surface area contributed by atoms with Gasteiger partial charge in [-0.3, -0.25) is 0 Å². The summed E-state index contributed by atoms with van der Waals surface area (Å²) >= 11 is 0. The van der Waals surface area contributed by atoms with Crippen molar-refractivity contribution in [1.82, 2.24) is 0 Å². The Morgan fingerprint density at radius 1 is 0.933 bits per heavy atom. The van der Waals surface area contributed by atoms with Crippen molar-refractivity contribution < 1.29 is 0 Å². The van der Waals surface area contributed by atoms with Crippen LogP contribution < -0.4 is 0 Å². The molecule has 1 saturated carbocycles. The highest BCUT2D eigenvalue weighted by molar-refractivity contribution is 5.41. The summed E-state index contributed by atoms with van der Waals surface area (Å²) in [4.78, 5) is 0. The minimum atomic E-state index is 0.427. The van der Waals surface area contributed by atoms with E-state index in [1.807, 2.05) is 0 Å². The third-order valence-corrected chi connectivity index (χ3v) is 4.20. The first-order valence-electron chi connectivity index (χ1n) is 6.14. The molecule has 0 amide bonds. The predicted octanol–water partition coefficient (Wildman–Crippen LogP) is 4.32. The van der Waals surface area contributed by atoms with Crippen LogP contribution in [0, 0.1) is 5.41 Å². The molecule has 0 aromatic carbocycles. The maximum absolute atomic E-state index is 2.39. The summed E-state index contributed by atoms with van der Waals surface area (Å²) in [5.41, 5.74) is 3.78. The summed E-state index contributed by atoms with van der Waals surface area (Å²) < 4.78 is 0. The minimum absolute atomic E-state index is 0.427. The highest BCUT2D eigenvalue weighted by Gasteiger charge is 2.39. The fourth-order valence-corrected chi connectivity index (χ4v) is 3.37. The third-order valence-electron chi connectivity index (χ3n) is 4.20. The molecule has 3 aliphatic carbocycles. The number of allylic oxidation sites excluding steroid dienone is 8. The van der Waals surface area contributed by atoms with Crippen LogP contribution >= 0.6 is 0 Å². The van der Waals surface area contributed by atoms with Crippen LogP contribution in [0.4, 0.5) is 0 Å². The Bertz CT molecular complexity index is 379. The number of hydrogen-bond donors (Lipinski definition) is 0. The first kappa shape index (κ1) is 9.21. The van der Waals surface area contributed by atoms with Crippen LogP contribution in [-0.2, 0) is 0 Å². The topological polar surface area (TPSA) is 0 Å². The lowest BCUT2D eigenvalue weighted by molar-refractivity contribution is 0.325. The summed E-state index contributed by atoms with van der Waals surface area (Å²) in [7, 11) is 0. The molecule has 78 valence electrons. The van der Waals surface area contributed by atoms with Crippen LogP contribution in [0.3, 0.4) is 0 Å². The molecule has 0 heteroatoms. The van der Waals surface area contributed by atoms with E-state index in [1.54, 1.807) is 11.1 Å². The first-order valence-corrected chi connectivity index (χ1v) is 6.14. The van der Waals surface area contributed by atoms with Gasteiger partial charge in [0, 0.05) is 5.41 Å². The smallest absolute Gasteiger partial charge is 0.0164 e. The number of hydrogen-bond acceptors (Lipinski definition) is 0. The van der Waals surface area contributed by atoms with Crippen LogP contribution in [0.2, 0.25) is 0 Å². The molecule has 1 atom stereocenters. The molecule has 0 heterocycles. The fourth-order valence-electron chi connectivity index (χ4n) is 3.37. The van der Waals surface area contributed by atoms with Gasteiger partial charge in [-0.25, -0.2) is 0 Å². The summed E-state index contributed by atoms with van der Waals surface area (Å²) in [6.45, 7) is 0. The molecule has 3 rings (SSSR count). The third kappa shape index (κ3) is 1.35. The average Bonchev–Trinajstić information content (AvgIpc) is 2.47. The second-order valence-electron chi connectivity index (χ2n) is 4.94. The van der Waals surface area contributed by atoms with Gasteiger partial charge in [0.05, 0.1) is 0 Å². The standard InChI is InChI=1S/C15H18/c1-2-8-14-10-4-6-12-15(14)11-5-3-9-13(15)7-1/h1-3,5,8-9H,4,6-7,10-12H2. The molecule has 15 heavy (non-hydrogen) atoms. The van der Waals surface area contributed by atoms with Crippen molar-refractivity contribution in [2.45, 2.75) is 38.5 Å². The van der Waals surface area contributed by atoms with Crippen molar-refractivity contribution in [3.05, 3.63) is 47.6 Å². The molecule has 0 aromatic heterocycles. The van der Waals surface area contributed by atoms with Gasteiger partial charge < -0.3 is 0 Å². The molecule has 0 saturated heterocycles. The lowest BCUT2D eigenvalue weighted by atomic mass is 9.62. The molecule has 3 aliphatic rings. The Morgan fingerprint density at radius 2 is 1.80 bits per heavy atom. The molecule has 0 radical (unpaired) electrons. The molecule has 1 fully saturated rings. The van der Waals surface area contributed by atoms with Gasteiger partial charge in [-0.2, -0.15) is 0 Å². The van der Waals surface area contributed by atoms with Crippen molar-refractivity contribution in [2.75, 3.05) is 0 Å². The van der Waals surface area contributed by atoms with Crippen LogP contribution in [0.15, 0.2) is 47.6 Å². The monoisotopic (exact) mass is 198 g/mol. The highest BCUT2D eigenvalue weighted by atomic mass is 14.4. The maximum atomic E-state index is 2.39. The van der Waals surface area contributed by atoms with Crippen molar-refractivity contribution in [3.63, 3.8) is 0 Å². The van der Waals surface area contributed by atoms with Gasteiger partial charge in [-0.15, -0.1) is 0 Å². The second-order valence-corrected chi connectivity index (χ2v) is 4.94. The van der Waals surface area contributed by atoms with Crippen LogP contribution in [0.5, 0.6) is 0 Å². The van der Waals surface area contributed by atoms with Gasteiger partial charge in [0.1, 0.15) is 0 Å². The van der Waals surface area contributed by atoms with Gasteiger partial charge in [0.15, 0.2) is 0 Å². The van der Waals surface area contributed by atoms with Crippen LogP contribution in [0.1, 0.15) is 38.5 Å². The number of rotatable bonds is 0. The molecular weight excluding hydrogens is 180 g/mol. The summed E-state index contributed by atoms with van der Waals surface area (Å²) in [6.07, 6.45) is 21.8. The molecule has 1 unspecified atom stereocenters. The zero-order valence-corrected chi connectivity index (χ0v) is 9.21. The van der Waals surface area contributed by atoms with E-state index in [4.69, 9.17) is 0 Å². The van der Waals surface area contributed by atoms with E-state index in [9.17, 15) is 0 Å². The summed E-state index contributed by atoms with van der Waals surface area (Å²) in [6, 6.07) is 0. The first-order chi connectivity index (χ1) is 7.42. The fraction of sp³-hybridized carbons (Fsp3) is 0.467. The minimum Gasteiger partial charge on any atom is -0.0833 e. The van der Waals surface area contributed by atoms with Gasteiger partial charge in [-0.05, 0) is 32.1 Å². The zero-order valence-electron chi connectivity index (χ0n) is 9.21. The van der Waals surface area contributed by atoms with Gasteiger partial charge in [0.2, 0.25) is 0 Å². The van der Waals surface area contributed by atoms with Crippen LogP contribution in [0.25, 0.3) is 0 Å². The highest BCUT2D eigenvalue weighted by Crippen LogP contribution is 2.52. The Kier molecular flexibility index (Phi) is 2.16. The van der Waals surface area contributed by atoms with Crippen molar-refractivity contribution in [1.29, 1.82) is 0 Å². The van der Waals surface area contributed by atoms with Gasteiger partial charge in [0.25, 0.3) is 0 Å². The van der Waals surface area contributed by atoms with E-state index in [1.165, 1.54) is 32.1 Å². The molecular formula is C15H18. The largest absolute Gasteiger partial charge is 0.0833 e. The summed E-state index contributed by atoms with van der Waals surface area (Å²) in [5.74, 6) is 0. The summed E-state index contributed by atoms with van der Waals surface area (Å²) in [5, 5.41) is 0. The van der Waals surface area contributed by atoms with E-state index < -0.39 is 0 Å². The van der Waals surface area contributed by atoms with Crippen molar-refractivity contribution in [3.8, 4) is 0 Å². The average molecular weight is 198 g/mol. The zero-order chi connectivity index (χ0) is 10.1. The Hall–Kier alpha value is -1.04. The quantitative estimate of drug-likeness (QED) is 0.544. The molecule has 0 aliphatic heterocycles. The molecule has 0 nitrogen and oxygen atoms in total. The van der Waals surface area contributed by atoms with E-state index in [0.717, 1.165) is 6.42 Å². The second kappa shape index (κ2) is 3.52. The van der Waals surface area contributed by atoms with Gasteiger partial charge >= 0.3 is 0 Å². The maximum Gasteiger partial charge on any atom is 0.0164 e. The molecule has 0 N–H and O–H groups in total. The van der Waals surface area contributed by atoms with E-state index in [-0.39, 0.29) is 0 Å². The SMILES string of the molecule is C1=CCC2=CC=CCC23CCCCC3=C1. The Labute approximate surface area is 92.1 Å². The Morgan fingerprint density at radius 3 is 2.80 bits per heavy atom. The normalized spacial score (nSPS) is 33.6. The van der Waals surface area contributed by atoms with Crippen molar-refractivity contribution in [2.24, 2.45) is 5.41 Å². The van der Waals surface area contributed by atoms with E-state index in [2.05, 4.69) is 36.5 Å². The molecule has 1 spiro atoms. The lowest BCUT2D eigenvalue weighted by Gasteiger charge is -2.42. The Balaban J connectivity index is 2.09.